The van der Waals surface area contributed by atoms with Gasteiger partial charge in [0.25, 0.3) is 0 Å². The number of oxime groups is 1. The third-order valence-electron chi connectivity index (χ3n) is 3.08. The van der Waals surface area contributed by atoms with Crippen LogP contribution in [0.2, 0.25) is 0 Å². The number of rotatable bonds is 7. The van der Waals surface area contributed by atoms with Crippen LogP contribution in [0.3, 0.4) is 0 Å². The Morgan fingerprint density at radius 3 is 2.70 bits per heavy atom. The van der Waals surface area contributed by atoms with Gasteiger partial charge < -0.3 is 21.0 Å². The molecular formula is C14H22FN3O2. The molecule has 0 saturated heterocycles. The molecule has 0 aliphatic rings. The minimum Gasteiger partial charge on any atom is -0.409 e. The maximum atomic E-state index is 13.5. The van der Waals surface area contributed by atoms with Crippen LogP contribution in [-0.4, -0.2) is 30.8 Å². The van der Waals surface area contributed by atoms with E-state index in [4.69, 9.17) is 15.7 Å². The van der Waals surface area contributed by atoms with Crippen LogP contribution >= 0.6 is 0 Å². The number of hydrogen-bond acceptors (Lipinski definition) is 4. The molecule has 0 radical (unpaired) electrons. The van der Waals surface area contributed by atoms with Crippen LogP contribution in [0.15, 0.2) is 23.4 Å². The number of nitrogens with two attached hydrogens (primary N) is 1. The van der Waals surface area contributed by atoms with Crippen molar-refractivity contribution in [2.75, 3.05) is 13.7 Å². The summed E-state index contributed by atoms with van der Waals surface area (Å²) in [6.07, 6.45) is 0. The SMILES string of the molecule is COCC(NCc1cc(F)cc(/C(N)=N/O)c1)C(C)C. The molecule has 0 aliphatic carbocycles. The van der Waals surface area contributed by atoms with Crippen molar-refractivity contribution in [2.45, 2.75) is 26.4 Å². The maximum absolute atomic E-state index is 13.5. The van der Waals surface area contributed by atoms with Crippen LogP contribution < -0.4 is 11.1 Å². The van der Waals surface area contributed by atoms with E-state index in [1.54, 1.807) is 13.2 Å². The second-order valence-corrected chi connectivity index (χ2v) is 5.02. The summed E-state index contributed by atoms with van der Waals surface area (Å²) in [4.78, 5) is 0. The van der Waals surface area contributed by atoms with Crippen molar-refractivity contribution in [3.8, 4) is 0 Å². The molecule has 0 fully saturated rings. The molecule has 0 aromatic heterocycles. The zero-order chi connectivity index (χ0) is 15.1. The summed E-state index contributed by atoms with van der Waals surface area (Å²) in [6.45, 7) is 5.24. The zero-order valence-corrected chi connectivity index (χ0v) is 12.1. The van der Waals surface area contributed by atoms with Crippen molar-refractivity contribution in [1.29, 1.82) is 0 Å². The summed E-state index contributed by atoms with van der Waals surface area (Å²) < 4.78 is 18.7. The second-order valence-electron chi connectivity index (χ2n) is 5.02. The zero-order valence-electron chi connectivity index (χ0n) is 12.1. The quantitative estimate of drug-likeness (QED) is 0.308. The van der Waals surface area contributed by atoms with E-state index in [-0.39, 0.29) is 11.9 Å². The van der Waals surface area contributed by atoms with Crippen LogP contribution in [0.4, 0.5) is 4.39 Å². The highest BCUT2D eigenvalue weighted by molar-refractivity contribution is 5.97. The average molecular weight is 283 g/mol. The van der Waals surface area contributed by atoms with Gasteiger partial charge in [0, 0.05) is 25.3 Å². The highest BCUT2D eigenvalue weighted by Gasteiger charge is 2.13. The Kier molecular flexibility index (Phi) is 6.41. The lowest BCUT2D eigenvalue weighted by Crippen LogP contribution is -2.37. The van der Waals surface area contributed by atoms with Crippen LogP contribution in [0.25, 0.3) is 0 Å². The van der Waals surface area contributed by atoms with E-state index in [1.807, 2.05) is 0 Å². The van der Waals surface area contributed by atoms with Crippen molar-refractivity contribution in [2.24, 2.45) is 16.8 Å². The van der Waals surface area contributed by atoms with E-state index < -0.39 is 5.82 Å². The molecule has 0 amide bonds. The lowest BCUT2D eigenvalue weighted by molar-refractivity contribution is 0.146. The van der Waals surface area contributed by atoms with E-state index in [0.29, 0.717) is 24.6 Å². The Morgan fingerprint density at radius 2 is 2.15 bits per heavy atom. The summed E-state index contributed by atoms with van der Waals surface area (Å²) in [6, 6.07) is 4.52. The van der Waals surface area contributed by atoms with Gasteiger partial charge in [-0.2, -0.15) is 0 Å². The smallest absolute Gasteiger partial charge is 0.170 e. The van der Waals surface area contributed by atoms with Gasteiger partial charge in [-0.15, -0.1) is 0 Å². The van der Waals surface area contributed by atoms with Crippen LogP contribution in [-0.2, 0) is 11.3 Å². The molecule has 6 heteroatoms. The van der Waals surface area contributed by atoms with E-state index in [0.717, 1.165) is 5.56 Å². The number of hydrogen-bond donors (Lipinski definition) is 3. The number of benzene rings is 1. The first-order valence-electron chi connectivity index (χ1n) is 6.47. The van der Waals surface area contributed by atoms with Crippen molar-refractivity contribution in [3.63, 3.8) is 0 Å². The van der Waals surface area contributed by atoms with Gasteiger partial charge in [-0.05, 0) is 29.7 Å². The lowest BCUT2D eigenvalue weighted by Gasteiger charge is -2.21. The van der Waals surface area contributed by atoms with Gasteiger partial charge in [0.1, 0.15) is 5.82 Å². The fraction of sp³-hybridized carbons (Fsp3) is 0.500. The number of amidine groups is 1. The number of ether oxygens (including phenoxy) is 1. The monoisotopic (exact) mass is 283 g/mol. The van der Waals surface area contributed by atoms with Crippen LogP contribution in [0.1, 0.15) is 25.0 Å². The van der Waals surface area contributed by atoms with Gasteiger partial charge in [-0.1, -0.05) is 19.0 Å². The summed E-state index contributed by atoms with van der Waals surface area (Å²) in [5.41, 5.74) is 6.57. The molecule has 1 rings (SSSR count). The van der Waals surface area contributed by atoms with Gasteiger partial charge in [0.15, 0.2) is 5.84 Å². The molecule has 0 bridgehead atoms. The first-order chi connectivity index (χ1) is 9.47. The Labute approximate surface area is 118 Å². The van der Waals surface area contributed by atoms with Crippen molar-refractivity contribution >= 4 is 5.84 Å². The number of methoxy groups -OCH3 is 1. The summed E-state index contributed by atoms with van der Waals surface area (Å²) in [7, 11) is 1.65. The molecule has 1 aromatic rings. The maximum Gasteiger partial charge on any atom is 0.170 e. The molecule has 4 N–H and O–H groups in total. The fourth-order valence-electron chi connectivity index (χ4n) is 1.87. The van der Waals surface area contributed by atoms with Gasteiger partial charge in [0.2, 0.25) is 0 Å². The Balaban J connectivity index is 2.79. The first kappa shape index (κ1) is 16.4. The molecule has 1 unspecified atom stereocenters. The molecule has 112 valence electrons. The molecule has 1 aromatic carbocycles. The first-order valence-corrected chi connectivity index (χ1v) is 6.47. The highest BCUT2D eigenvalue weighted by Crippen LogP contribution is 2.11. The molecule has 0 spiro atoms. The lowest BCUT2D eigenvalue weighted by atomic mass is 10.0. The third kappa shape index (κ3) is 4.79. The van der Waals surface area contributed by atoms with E-state index in [9.17, 15) is 4.39 Å². The van der Waals surface area contributed by atoms with Crippen LogP contribution in [0.5, 0.6) is 0 Å². The van der Waals surface area contributed by atoms with Crippen molar-refractivity contribution in [1.82, 2.24) is 5.32 Å². The Bertz CT molecular complexity index is 464. The van der Waals surface area contributed by atoms with E-state index in [2.05, 4.69) is 24.3 Å². The second kappa shape index (κ2) is 7.81. The predicted molar refractivity (Wildman–Crippen MR) is 76.3 cm³/mol. The predicted octanol–water partition coefficient (Wildman–Crippen LogP) is 1.68. The van der Waals surface area contributed by atoms with Crippen molar-refractivity contribution < 1.29 is 14.3 Å². The average Bonchev–Trinajstić information content (AvgIpc) is 2.41. The topological polar surface area (TPSA) is 79.9 Å². The van der Waals surface area contributed by atoms with Crippen LogP contribution in [0, 0.1) is 11.7 Å². The van der Waals surface area contributed by atoms with Gasteiger partial charge in [-0.25, -0.2) is 4.39 Å². The van der Waals surface area contributed by atoms with E-state index in [1.165, 1.54) is 12.1 Å². The molecule has 0 heterocycles. The standard InChI is InChI=1S/C14H22FN3O2/c1-9(2)13(8-20-3)17-7-10-4-11(14(16)18-19)6-12(15)5-10/h4-6,9,13,17,19H,7-8H2,1-3H3,(H2,16,18). The summed E-state index contributed by atoms with van der Waals surface area (Å²) in [5.74, 6) is -0.131. The number of halogens is 1. The van der Waals surface area contributed by atoms with Crippen molar-refractivity contribution in [3.05, 3.63) is 35.1 Å². The number of nitrogens with zero attached hydrogens (tertiary/aromatic N) is 1. The molecule has 5 nitrogen and oxygen atoms in total. The normalized spacial score (nSPS) is 13.8. The largest absolute Gasteiger partial charge is 0.409 e. The minimum atomic E-state index is -0.418. The van der Waals surface area contributed by atoms with E-state index >= 15 is 0 Å². The number of nitrogens with one attached hydrogen (secondary N) is 1. The van der Waals surface area contributed by atoms with Gasteiger partial charge in [-0.3, -0.25) is 0 Å². The third-order valence-corrected chi connectivity index (χ3v) is 3.08. The fourth-order valence-corrected chi connectivity index (χ4v) is 1.87. The summed E-state index contributed by atoms with van der Waals surface area (Å²) in [5, 5.41) is 14.8. The Hall–Kier alpha value is -1.66. The molecule has 0 aliphatic heterocycles. The molecule has 20 heavy (non-hydrogen) atoms. The molecule has 1 atom stereocenters. The molecule has 0 saturated carbocycles. The minimum absolute atomic E-state index is 0.108. The van der Waals surface area contributed by atoms with Gasteiger partial charge >= 0.3 is 0 Å². The Morgan fingerprint density at radius 1 is 1.45 bits per heavy atom. The molecular weight excluding hydrogens is 261 g/mol. The summed E-state index contributed by atoms with van der Waals surface area (Å²) >= 11 is 0. The van der Waals surface area contributed by atoms with Gasteiger partial charge in [0.05, 0.1) is 6.61 Å². The highest BCUT2D eigenvalue weighted by atomic mass is 19.1.